The largest absolute Gasteiger partial charge is 0.458 e. The van der Waals surface area contributed by atoms with Gasteiger partial charge >= 0.3 is 11.9 Å². The number of esters is 2. The number of hydrogen-bond donors (Lipinski definition) is 1. The lowest BCUT2D eigenvalue weighted by atomic mass is 9.83. The molecule has 0 amide bonds. The van der Waals surface area contributed by atoms with Crippen molar-refractivity contribution in [3.63, 3.8) is 0 Å². The van der Waals surface area contributed by atoms with Crippen LogP contribution in [0.2, 0.25) is 0 Å². The van der Waals surface area contributed by atoms with Gasteiger partial charge in [0.05, 0.1) is 5.41 Å². The van der Waals surface area contributed by atoms with Crippen LogP contribution in [0, 0.1) is 16.7 Å². The molecule has 5 heteroatoms. The van der Waals surface area contributed by atoms with E-state index in [4.69, 9.17) is 9.47 Å². The molecule has 0 spiro atoms. The Balaban J connectivity index is 2.58. The van der Waals surface area contributed by atoms with E-state index < -0.39 is 5.41 Å². The number of carbonyl (C=O) groups is 2. The number of thiol groups is 1. The summed E-state index contributed by atoms with van der Waals surface area (Å²) in [5, 5.41) is 0. The van der Waals surface area contributed by atoms with Gasteiger partial charge in [0, 0.05) is 11.2 Å². The third-order valence-electron chi connectivity index (χ3n) is 4.84. The Bertz CT molecular complexity index is 513. The third kappa shape index (κ3) is 9.36. The first kappa shape index (κ1) is 24.3. The van der Waals surface area contributed by atoms with Crippen LogP contribution in [0.25, 0.3) is 0 Å². The molecular weight excluding hydrogens is 360 g/mol. The highest BCUT2D eigenvalue weighted by Gasteiger charge is 2.40. The predicted octanol–water partition coefficient (Wildman–Crippen LogP) is 5.58. The molecule has 1 rings (SSSR count). The van der Waals surface area contributed by atoms with Gasteiger partial charge in [-0.1, -0.05) is 41.5 Å². The van der Waals surface area contributed by atoms with Gasteiger partial charge in [-0.05, 0) is 57.3 Å². The normalized spacial score (nSPS) is 22.4. The second-order valence-electron chi connectivity index (χ2n) is 10.9. The zero-order valence-electron chi connectivity index (χ0n) is 18.6. The summed E-state index contributed by atoms with van der Waals surface area (Å²) < 4.78 is 11.2. The van der Waals surface area contributed by atoms with E-state index in [1.807, 2.05) is 27.7 Å². The van der Waals surface area contributed by atoms with Crippen molar-refractivity contribution in [2.45, 2.75) is 111 Å². The summed E-state index contributed by atoms with van der Waals surface area (Å²) in [6, 6.07) is 0. The number of ether oxygens (including phenoxy) is 2. The molecule has 27 heavy (non-hydrogen) atoms. The van der Waals surface area contributed by atoms with Gasteiger partial charge in [-0.3, -0.25) is 9.59 Å². The van der Waals surface area contributed by atoms with Gasteiger partial charge in [0.15, 0.2) is 0 Å². The Kier molecular flexibility index (Phi) is 8.28. The van der Waals surface area contributed by atoms with Gasteiger partial charge < -0.3 is 9.47 Å². The summed E-state index contributed by atoms with van der Waals surface area (Å²) in [6.45, 7) is 16.4. The van der Waals surface area contributed by atoms with E-state index in [0.717, 1.165) is 25.7 Å². The van der Waals surface area contributed by atoms with Crippen LogP contribution in [-0.2, 0) is 19.1 Å². The lowest BCUT2D eigenvalue weighted by molar-refractivity contribution is -0.172. The van der Waals surface area contributed by atoms with E-state index in [1.165, 1.54) is 0 Å². The van der Waals surface area contributed by atoms with Crippen molar-refractivity contribution < 1.29 is 19.1 Å². The highest BCUT2D eigenvalue weighted by atomic mass is 32.1. The standard InChI is InChI=1S/C22H40O4S/c1-15(13-20(2,3)4)12-18(23)25-16-10-9-11-17(16)26-19(24)21(5,6)14-22(7,8)27/h15-17,27H,9-14H2,1-8H3. The lowest BCUT2D eigenvalue weighted by Crippen LogP contribution is -2.38. The molecule has 1 aliphatic rings. The molecule has 0 heterocycles. The molecule has 0 aromatic heterocycles. The number of hydrogen-bond acceptors (Lipinski definition) is 5. The third-order valence-corrected chi connectivity index (χ3v) is 4.99. The highest BCUT2D eigenvalue weighted by Crippen LogP contribution is 2.35. The summed E-state index contributed by atoms with van der Waals surface area (Å²) in [6.07, 6.45) is 3.77. The summed E-state index contributed by atoms with van der Waals surface area (Å²) in [5.41, 5.74) is -0.429. The van der Waals surface area contributed by atoms with Crippen molar-refractivity contribution in [1.82, 2.24) is 0 Å². The van der Waals surface area contributed by atoms with Crippen LogP contribution in [0.1, 0.15) is 93.9 Å². The first-order valence-electron chi connectivity index (χ1n) is 10.2. The summed E-state index contributed by atoms with van der Waals surface area (Å²) in [5.74, 6) is -0.148. The molecule has 0 aliphatic heterocycles. The van der Waals surface area contributed by atoms with E-state index in [9.17, 15) is 9.59 Å². The van der Waals surface area contributed by atoms with Crippen molar-refractivity contribution in [3.8, 4) is 0 Å². The van der Waals surface area contributed by atoms with Gasteiger partial charge in [0.2, 0.25) is 0 Å². The molecule has 3 atom stereocenters. The fourth-order valence-electron chi connectivity index (χ4n) is 4.23. The molecule has 0 aromatic carbocycles. The molecule has 1 fully saturated rings. The maximum absolute atomic E-state index is 12.7. The second kappa shape index (κ2) is 9.19. The Hall–Kier alpha value is -0.710. The predicted molar refractivity (Wildman–Crippen MR) is 113 cm³/mol. The summed E-state index contributed by atoms with van der Waals surface area (Å²) in [7, 11) is 0. The molecule has 0 N–H and O–H groups in total. The zero-order valence-corrected chi connectivity index (χ0v) is 19.4. The van der Waals surface area contributed by atoms with E-state index in [1.54, 1.807) is 0 Å². The molecule has 1 saturated carbocycles. The molecule has 0 saturated heterocycles. The van der Waals surface area contributed by atoms with E-state index in [-0.39, 0.29) is 40.2 Å². The first-order chi connectivity index (χ1) is 12.1. The van der Waals surface area contributed by atoms with Crippen LogP contribution >= 0.6 is 12.6 Å². The van der Waals surface area contributed by atoms with Crippen LogP contribution in [0.5, 0.6) is 0 Å². The maximum Gasteiger partial charge on any atom is 0.311 e. The summed E-state index contributed by atoms with van der Waals surface area (Å²) >= 11 is 4.54. The van der Waals surface area contributed by atoms with Crippen molar-refractivity contribution >= 4 is 24.6 Å². The van der Waals surface area contributed by atoms with Gasteiger partial charge in [-0.25, -0.2) is 0 Å². The minimum atomic E-state index is -0.621. The Morgan fingerprint density at radius 1 is 1.00 bits per heavy atom. The molecule has 158 valence electrons. The van der Waals surface area contributed by atoms with Crippen LogP contribution in [0.15, 0.2) is 0 Å². The van der Waals surface area contributed by atoms with Crippen LogP contribution < -0.4 is 0 Å². The Labute approximate surface area is 171 Å². The first-order valence-corrected chi connectivity index (χ1v) is 10.7. The molecule has 4 nitrogen and oxygen atoms in total. The van der Waals surface area contributed by atoms with Crippen molar-refractivity contribution in [2.24, 2.45) is 16.7 Å². The van der Waals surface area contributed by atoms with Gasteiger partial charge in [0.1, 0.15) is 12.2 Å². The fourth-order valence-corrected chi connectivity index (χ4v) is 4.63. The Morgan fingerprint density at radius 2 is 1.52 bits per heavy atom. The minimum Gasteiger partial charge on any atom is -0.458 e. The monoisotopic (exact) mass is 400 g/mol. The smallest absolute Gasteiger partial charge is 0.311 e. The second-order valence-corrected chi connectivity index (χ2v) is 12.1. The molecule has 3 unspecified atom stereocenters. The van der Waals surface area contributed by atoms with Crippen molar-refractivity contribution in [2.75, 3.05) is 0 Å². The van der Waals surface area contributed by atoms with E-state index >= 15 is 0 Å². The van der Waals surface area contributed by atoms with Gasteiger partial charge in [-0.15, -0.1) is 0 Å². The van der Waals surface area contributed by atoms with Crippen LogP contribution in [0.4, 0.5) is 0 Å². The molecule has 0 aromatic rings. The van der Waals surface area contributed by atoms with E-state index in [0.29, 0.717) is 12.8 Å². The van der Waals surface area contributed by atoms with Gasteiger partial charge in [-0.2, -0.15) is 12.6 Å². The Morgan fingerprint density at radius 3 is 2.00 bits per heavy atom. The average molecular weight is 401 g/mol. The van der Waals surface area contributed by atoms with E-state index in [2.05, 4.69) is 40.3 Å². The van der Waals surface area contributed by atoms with Crippen molar-refractivity contribution in [3.05, 3.63) is 0 Å². The lowest BCUT2D eigenvalue weighted by Gasteiger charge is -2.31. The average Bonchev–Trinajstić information content (AvgIpc) is 2.80. The highest BCUT2D eigenvalue weighted by molar-refractivity contribution is 7.81. The topological polar surface area (TPSA) is 52.6 Å². The minimum absolute atomic E-state index is 0.185. The zero-order chi connectivity index (χ0) is 21.0. The molecule has 1 aliphatic carbocycles. The van der Waals surface area contributed by atoms with Crippen LogP contribution in [-0.4, -0.2) is 28.9 Å². The number of carbonyl (C=O) groups excluding carboxylic acids is 2. The van der Waals surface area contributed by atoms with Gasteiger partial charge in [0.25, 0.3) is 0 Å². The van der Waals surface area contributed by atoms with Crippen LogP contribution in [0.3, 0.4) is 0 Å². The maximum atomic E-state index is 12.7. The molecule has 0 bridgehead atoms. The van der Waals surface area contributed by atoms with Crippen molar-refractivity contribution in [1.29, 1.82) is 0 Å². The molecular formula is C22H40O4S. The number of rotatable bonds is 8. The molecule has 0 radical (unpaired) electrons. The SMILES string of the molecule is CC(CC(=O)OC1CCCC1OC(=O)C(C)(C)CC(C)(C)S)CC(C)(C)C. The fraction of sp³-hybridized carbons (Fsp3) is 0.909. The summed E-state index contributed by atoms with van der Waals surface area (Å²) in [4.78, 5) is 25.0. The quantitative estimate of drug-likeness (QED) is 0.427.